The van der Waals surface area contributed by atoms with Crippen molar-refractivity contribution in [1.82, 2.24) is 0 Å². The highest BCUT2D eigenvalue weighted by atomic mass is 16.6. The molecule has 48 valence electrons. The molecular weight excluding hydrogens is 104 g/mol. The summed E-state index contributed by atoms with van der Waals surface area (Å²) in [7, 11) is 0. The van der Waals surface area contributed by atoms with Crippen molar-refractivity contribution >= 4 is 0 Å². The molecule has 4 N–H and O–H groups in total. The molecule has 3 heteroatoms. The Balaban J connectivity index is 1.98. The van der Waals surface area contributed by atoms with E-state index in [9.17, 15) is 0 Å². The highest BCUT2D eigenvalue weighted by Gasteiger charge is 2.25. The summed E-state index contributed by atoms with van der Waals surface area (Å²) in [5, 5.41) is 0. The minimum absolute atomic E-state index is 0.412. The van der Waals surface area contributed by atoms with Gasteiger partial charge in [-0.05, 0) is 18.8 Å². The second-order valence-corrected chi connectivity index (χ2v) is 2.43. The van der Waals surface area contributed by atoms with Crippen molar-refractivity contribution in [3.63, 3.8) is 0 Å². The summed E-state index contributed by atoms with van der Waals surface area (Å²) in [6.07, 6.45) is 2.16. The molecule has 0 bridgehead atoms. The molecule has 0 aromatic heterocycles. The van der Waals surface area contributed by atoms with E-state index in [0.29, 0.717) is 18.6 Å². The van der Waals surface area contributed by atoms with Crippen LogP contribution in [0.5, 0.6) is 0 Å². The third kappa shape index (κ3) is 1.18. The number of nitrogens with two attached hydrogens (primary N) is 2. The molecule has 0 spiro atoms. The second-order valence-electron chi connectivity index (χ2n) is 2.43. The summed E-state index contributed by atoms with van der Waals surface area (Å²) in [4.78, 5) is 4.44. The molecule has 0 saturated heterocycles. The highest BCUT2D eigenvalue weighted by Crippen LogP contribution is 2.24. The van der Waals surface area contributed by atoms with Gasteiger partial charge in [0, 0.05) is 6.04 Å². The maximum Gasteiger partial charge on any atom is 0.0708 e. The maximum absolute atomic E-state index is 5.50. The maximum atomic E-state index is 5.50. The SMILES string of the molecule is NOC[C@H]1C[C@H](N)C1. The van der Waals surface area contributed by atoms with Gasteiger partial charge in [-0.15, -0.1) is 0 Å². The summed E-state index contributed by atoms with van der Waals surface area (Å²) >= 11 is 0. The summed E-state index contributed by atoms with van der Waals surface area (Å²) < 4.78 is 0. The zero-order valence-corrected chi connectivity index (χ0v) is 4.84. The molecule has 1 aliphatic rings. The topological polar surface area (TPSA) is 61.3 Å². The zero-order chi connectivity index (χ0) is 5.98. The standard InChI is InChI=1S/C5H12N2O/c6-5-1-4(2-5)3-8-7/h4-5H,1-3,6-7H2/t4-,5-. The number of hydrogen-bond donors (Lipinski definition) is 2. The highest BCUT2D eigenvalue weighted by molar-refractivity contribution is 4.81. The molecule has 0 aromatic carbocycles. The van der Waals surface area contributed by atoms with E-state index in [1.165, 1.54) is 0 Å². The average molecular weight is 116 g/mol. The third-order valence-corrected chi connectivity index (χ3v) is 1.60. The first-order chi connectivity index (χ1) is 3.83. The minimum Gasteiger partial charge on any atom is -0.328 e. The van der Waals surface area contributed by atoms with Crippen LogP contribution in [0.25, 0.3) is 0 Å². The van der Waals surface area contributed by atoms with Crippen LogP contribution in [0.3, 0.4) is 0 Å². The van der Waals surface area contributed by atoms with E-state index in [4.69, 9.17) is 11.6 Å². The Morgan fingerprint density at radius 2 is 2.12 bits per heavy atom. The van der Waals surface area contributed by atoms with E-state index in [1.807, 2.05) is 0 Å². The van der Waals surface area contributed by atoms with Crippen molar-refractivity contribution in [2.45, 2.75) is 18.9 Å². The van der Waals surface area contributed by atoms with E-state index in [-0.39, 0.29) is 0 Å². The van der Waals surface area contributed by atoms with Crippen LogP contribution in [0.1, 0.15) is 12.8 Å². The van der Waals surface area contributed by atoms with Gasteiger partial charge in [-0.25, -0.2) is 5.90 Å². The average Bonchev–Trinajstić information content (AvgIpc) is 1.64. The van der Waals surface area contributed by atoms with Gasteiger partial charge in [0.25, 0.3) is 0 Å². The Morgan fingerprint density at radius 3 is 2.50 bits per heavy atom. The Kier molecular flexibility index (Phi) is 1.83. The molecule has 0 radical (unpaired) electrons. The summed E-state index contributed by atoms with van der Waals surface area (Å²) in [6.45, 7) is 0.674. The minimum atomic E-state index is 0.412. The van der Waals surface area contributed by atoms with Gasteiger partial charge in [-0.3, -0.25) is 0 Å². The molecule has 0 aromatic rings. The first kappa shape index (κ1) is 6.01. The quantitative estimate of drug-likeness (QED) is 0.483. The van der Waals surface area contributed by atoms with E-state index in [2.05, 4.69) is 4.84 Å². The molecular formula is C5H12N2O. The Labute approximate surface area is 48.9 Å². The lowest BCUT2D eigenvalue weighted by atomic mass is 9.82. The van der Waals surface area contributed by atoms with Crippen LogP contribution < -0.4 is 11.6 Å². The van der Waals surface area contributed by atoms with Crippen LogP contribution in [-0.2, 0) is 4.84 Å². The lowest BCUT2D eigenvalue weighted by Gasteiger charge is -2.31. The lowest BCUT2D eigenvalue weighted by molar-refractivity contribution is 0.0625. The van der Waals surface area contributed by atoms with E-state index in [0.717, 1.165) is 12.8 Å². The van der Waals surface area contributed by atoms with Crippen LogP contribution in [0.2, 0.25) is 0 Å². The summed E-state index contributed by atoms with van der Waals surface area (Å²) in [5.74, 6) is 5.48. The molecule has 1 fully saturated rings. The van der Waals surface area contributed by atoms with Gasteiger partial charge in [0.15, 0.2) is 0 Å². The Morgan fingerprint density at radius 1 is 1.50 bits per heavy atom. The molecule has 3 nitrogen and oxygen atoms in total. The molecule has 0 unspecified atom stereocenters. The van der Waals surface area contributed by atoms with Crippen molar-refractivity contribution in [2.24, 2.45) is 17.5 Å². The van der Waals surface area contributed by atoms with Crippen molar-refractivity contribution in [2.75, 3.05) is 6.61 Å². The third-order valence-electron chi connectivity index (χ3n) is 1.60. The summed E-state index contributed by atoms with van der Waals surface area (Å²) in [5.41, 5.74) is 5.50. The van der Waals surface area contributed by atoms with Crippen LogP contribution in [0.15, 0.2) is 0 Å². The fraction of sp³-hybridized carbons (Fsp3) is 1.00. The lowest BCUT2D eigenvalue weighted by Crippen LogP contribution is -2.38. The van der Waals surface area contributed by atoms with E-state index >= 15 is 0 Å². The predicted molar refractivity (Wildman–Crippen MR) is 30.8 cm³/mol. The van der Waals surface area contributed by atoms with Crippen LogP contribution in [0, 0.1) is 5.92 Å². The van der Waals surface area contributed by atoms with Gasteiger partial charge >= 0.3 is 0 Å². The fourth-order valence-electron chi connectivity index (χ4n) is 1.06. The molecule has 0 amide bonds. The second kappa shape index (κ2) is 2.44. The van der Waals surface area contributed by atoms with Gasteiger partial charge in [-0.1, -0.05) is 0 Å². The Hall–Kier alpha value is -0.120. The van der Waals surface area contributed by atoms with Crippen LogP contribution >= 0.6 is 0 Å². The molecule has 0 heterocycles. The number of hydrogen-bond acceptors (Lipinski definition) is 3. The van der Waals surface area contributed by atoms with Gasteiger partial charge in [0.05, 0.1) is 6.61 Å². The first-order valence-electron chi connectivity index (χ1n) is 2.90. The number of rotatable bonds is 2. The normalized spacial score (nSPS) is 36.8. The van der Waals surface area contributed by atoms with E-state index in [1.54, 1.807) is 0 Å². The van der Waals surface area contributed by atoms with Gasteiger partial charge in [-0.2, -0.15) is 0 Å². The van der Waals surface area contributed by atoms with Gasteiger partial charge < -0.3 is 10.6 Å². The largest absolute Gasteiger partial charge is 0.328 e. The van der Waals surface area contributed by atoms with Crippen molar-refractivity contribution in [1.29, 1.82) is 0 Å². The van der Waals surface area contributed by atoms with E-state index < -0.39 is 0 Å². The molecule has 1 aliphatic carbocycles. The van der Waals surface area contributed by atoms with Crippen LogP contribution in [-0.4, -0.2) is 12.6 Å². The monoisotopic (exact) mass is 116 g/mol. The molecule has 1 saturated carbocycles. The zero-order valence-electron chi connectivity index (χ0n) is 4.84. The molecule has 8 heavy (non-hydrogen) atoms. The smallest absolute Gasteiger partial charge is 0.0708 e. The Bertz CT molecular complexity index is 68.1. The molecule has 1 rings (SSSR count). The van der Waals surface area contributed by atoms with Crippen molar-refractivity contribution in [3.8, 4) is 0 Å². The van der Waals surface area contributed by atoms with Crippen molar-refractivity contribution < 1.29 is 4.84 Å². The first-order valence-corrected chi connectivity index (χ1v) is 2.90. The molecule has 0 atom stereocenters. The summed E-state index contributed by atoms with van der Waals surface area (Å²) in [6, 6.07) is 0.412. The van der Waals surface area contributed by atoms with Crippen molar-refractivity contribution in [3.05, 3.63) is 0 Å². The van der Waals surface area contributed by atoms with Gasteiger partial charge in [0.1, 0.15) is 0 Å². The fourth-order valence-corrected chi connectivity index (χ4v) is 1.06. The van der Waals surface area contributed by atoms with Gasteiger partial charge in [0.2, 0.25) is 0 Å². The molecule has 0 aliphatic heterocycles. The predicted octanol–water partition coefficient (Wildman–Crippen LogP) is -0.386. The van der Waals surface area contributed by atoms with Crippen LogP contribution in [0.4, 0.5) is 0 Å².